The van der Waals surface area contributed by atoms with E-state index in [0.29, 0.717) is 18.1 Å². The molecule has 0 saturated carbocycles. The molecule has 0 unspecified atom stereocenters. The molecule has 0 radical (unpaired) electrons. The van der Waals surface area contributed by atoms with Crippen LogP contribution in [0.25, 0.3) is 11.0 Å². The summed E-state index contributed by atoms with van der Waals surface area (Å²) in [5.74, 6) is -0.0255. The first-order chi connectivity index (χ1) is 9.72. The Morgan fingerprint density at radius 1 is 1.20 bits per heavy atom. The third kappa shape index (κ3) is 2.44. The van der Waals surface area contributed by atoms with Crippen molar-refractivity contribution in [3.05, 3.63) is 54.1 Å². The van der Waals surface area contributed by atoms with Gasteiger partial charge in [0.1, 0.15) is 11.6 Å². The van der Waals surface area contributed by atoms with Crippen molar-refractivity contribution < 1.29 is 14.3 Å². The molecule has 2 aromatic heterocycles. The lowest BCUT2D eigenvalue weighted by atomic mass is 10.3. The number of para-hydroxylation sites is 2. The maximum atomic E-state index is 10.7. The Hall–Kier alpha value is -2.89. The standard InChI is InChI=1S/C14H11N3O3/c18-14(19)12-6-5-9(20-12)7-16-13-8-15-10-3-1-2-4-11(10)17-13/h1-6,8H,7H2,(H,16,17)(H,18,19). The molecule has 0 fully saturated rings. The number of carboxylic acids is 1. The normalized spacial score (nSPS) is 10.6. The van der Waals surface area contributed by atoms with Crippen molar-refractivity contribution in [3.63, 3.8) is 0 Å². The average molecular weight is 269 g/mol. The largest absolute Gasteiger partial charge is 0.475 e. The smallest absolute Gasteiger partial charge is 0.371 e. The minimum Gasteiger partial charge on any atom is -0.475 e. The van der Waals surface area contributed by atoms with Gasteiger partial charge in [-0.05, 0) is 24.3 Å². The fourth-order valence-corrected chi connectivity index (χ4v) is 1.81. The third-order valence-corrected chi connectivity index (χ3v) is 2.76. The molecule has 0 amide bonds. The number of aromatic nitrogens is 2. The number of rotatable bonds is 4. The van der Waals surface area contributed by atoms with Crippen molar-refractivity contribution in [2.24, 2.45) is 0 Å². The molecule has 1 aromatic carbocycles. The number of fused-ring (bicyclic) bond motifs is 1. The number of aromatic carboxylic acids is 1. The maximum absolute atomic E-state index is 10.7. The van der Waals surface area contributed by atoms with Crippen molar-refractivity contribution >= 4 is 22.8 Å². The molecule has 0 bridgehead atoms. The molecule has 0 saturated heterocycles. The van der Waals surface area contributed by atoms with Crippen molar-refractivity contribution in [3.8, 4) is 0 Å². The van der Waals surface area contributed by atoms with Crippen LogP contribution in [0.4, 0.5) is 5.82 Å². The van der Waals surface area contributed by atoms with E-state index >= 15 is 0 Å². The topological polar surface area (TPSA) is 88.2 Å². The molecule has 6 heteroatoms. The van der Waals surface area contributed by atoms with E-state index in [1.165, 1.54) is 6.07 Å². The van der Waals surface area contributed by atoms with Crippen LogP contribution in [0.3, 0.4) is 0 Å². The Kier molecular flexibility index (Phi) is 3.04. The first kappa shape index (κ1) is 12.2. The molecule has 2 heterocycles. The van der Waals surface area contributed by atoms with Gasteiger partial charge in [-0.15, -0.1) is 0 Å². The van der Waals surface area contributed by atoms with Gasteiger partial charge in [0.2, 0.25) is 5.76 Å². The summed E-state index contributed by atoms with van der Waals surface area (Å²) in [6.07, 6.45) is 1.63. The van der Waals surface area contributed by atoms with E-state index in [2.05, 4.69) is 15.3 Å². The fraction of sp³-hybridized carbons (Fsp3) is 0.0714. The molecule has 0 aliphatic heterocycles. The van der Waals surface area contributed by atoms with E-state index in [4.69, 9.17) is 9.52 Å². The highest BCUT2D eigenvalue weighted by atomic mass is 16.4. The molecule has 0 aliphatic carbocycles. The number of nitrogens with zero attached hydrogens (tertiary/aromatic N) is 2. The molecule has 3 aromatic rings. The summed E-state index contributed by atoms with van der Waals surface area (Å²) in [7, 11) is 0. The lowest BCUT2D eigenvalue weighted by Crippen LogP contribution is -2.01. The predicted molar refractivity (Wildman–Crippen MR) is 72.5 cm³/mol. The van der Waals surface area contributed by atoms with Gasteiger partial charge in [0, 0.05) is 0 Å². The van der Waals surface area contributed by atoms with Gasteiger partial charge in [-0.1, -0.05) is 12.1 Å². The molecule has 100 valence electrons. The van der Waals surface area contributed by atoms with Crippen LogP contribution in [0.2, 0.25) is 0 Å². The van der Waals surface area contributed by atoms with E-state index in [1.54, 1.807) is 12.3 Å². The van der Waals surface area contributed by atoms with Gasteiger partial charge in [0.15, 0.2) is 0 Å². The summed E-state index contributed by atoms with van der Waals surface area (Å²) >= 11 is 0. The van der Waals surface area contributed by atoms with E-state index in [1.807, 2.05) is 24.3 Å². The summed E-state index contributed by atoms with van der Waals surface area (Å²) in [6, 6.07) is 10.6. The van der Waals surface area contributed by atoms with Gasteiger partial charge in [0.25, 0.3) is 0 Å². The maximum Gasteiger partial charge on any atom is 0.371 e. The van der Waals surface area contributed by atoms with E-state index in [9.17, 15) is 4.79 Å². The Balaban J connectivity index is 1.74. The second-order valence-corrected chi connectivity index (χ2v) is 4.17. The van der Waals surface area contributed by atoms with Crippen LogP contribution >= 0.6 is 0 Å². The van der Waals surface area contributed by atoms with Gasteiger partial charge < -0.3 is 14.8 Å². The summed E-state index contributed by atoms with van der Waals surface area (Å²) in [6.45, 7) is 0.348. The van der Waals surface area contributed by atoms with E-state index in [-0.39, 0.29) is 5.76 Å². The Morgan fingerprint density at radius 3 is 2.75 bits per heavy atom. The molecule has 0 aliphatic rings. The van der Waals surface area contributed by atoms with Crippen LogP contribution < -0.4 is 5.32 Å². The molecule has 20 heavy (non-hydrogen) atoms. The SMILES string of the molecule is O=C(O)c1ccc(CNc2cnc3ccccc3n2)o1. The predicted octanol–water partition coefficient (Wildman–Crippen LogP) is 2.53. The average Bonchev–Trinajstić information content (AvgIpc) is 2.94. The zero-order valence-corrected chi connectivity index (χ0v) is 10.4. The van der Waals surface area contributed by atoms with Crippen molar-refractivity contribution in [1.82, 2.24) is 9.97 Å². The number of hydrogen-bond donors (Lipinski definition) is 2. The molecule has 0 atom stereocenters. The Bertz CT molecular complexity index is 767. The number of hydrogen-bond acceptors (Lipinski definition) is 5. The van der Waals surface area contributed by atoms with Crippen molar-refractivity contribution in [2.75, 3.05) is 5.32 Å². The molecular weight excluding hydrogens is 258 g/mol. The zero-order valence-electron chi connectivity index (χ0n) is 10.4. The van der Waals surface area contributed by atoms with Crippen LogP contribution in [-0.4, -0.2) is 21.0 Å². The van der Waals surface area contributed by atoms with E-state index < -0.39 is 5.97 Å². The minimum absolute atomic E-state index is 0.0774. The lowest BCUT2D eigenvalue weighted by Gasteiger charge is -2.04. The lowest BCUT2D eigenvalue weighted by molar-refractivity contribution is 0.0660. The summed E-state index contributed by atoms with van der Waals surface area (Å²) in [5.41, 5.74) is 1.62. The summed E-state index contributed by atoms with van der Waals surface area (Å²) in [5, 5.41) is 11.8. The van der Waals surface area contributed by atoms with Crippen LogP contribution in [0, 0.1) is 0 Å². The monoisotopic (exact) mass is 269 g/mol. The number of carbonyl (C=O) groups is 1. The molecule has 0 spiro atoms. The third-order valence-electron chi connectivity index (χ3n) is 2.76. The van der Waals surface area contributed by atoms with Gasteiger partial charge in [-0.2, -0.15) is 0 Å². The molecule has 2 N–H and O–H groups in total. The van der Waals surface area contributed by atoms with Crippen LogP contribution in [0.15, 0.2) is 47.0 Å². The quantitative estimate of drug-likeness (QED) is 0.756. The number of anilines is 1. The van der Waals surface area contributed by atoms with Gasteiger partial charge in [-0.3, -0.25) is 4.98 Å². The summed E-state index contributed by atoms with van der Waals surface area (Å²) in [4.78, 5) is 19.4. The van der Waals surface area contributed by atoms with E-state index in [0.717, 1.165) is 11.0 Å². The van der Waals surface area contributed by atoms with Gasteiger partial charge in [-0.25, -0.2) is 9.78 Å². The number of benzene rings is 1. The molecule has 3 rings (SSSR count). The minimum atomic E-state index is -1.08. The van der Waals surface area contributed by atoms with Gasteiger partial charge >= 0.3 is 5.97 Å². The highest BCUT2D eigenvalue weighted by Gasteiger charge is 2.08. The van der Waals surface area contributed by atoms with Crippen molar-refractivity contribution in [2.45, 2.75) is 6.54 Å². The first-order valence-electron chi connectivity index (χ1n) is 6.00. The number of furan rings is 1. The fourth-order valence-electron chi connectivity index (χ4n) is 1.81. The zero-order chi connectivity index (χ0) is 13.9. The number of carboxylic acid groups (broad SMARTS) is 1. The second kappa shape index (κ2) is 5.00. The molecule has 6 nitrogen and oxygen atoms in total. The Labute approximate surface area is 114 Å². The van der Waals surface area contributed by atoms with Crippen LogP contribution in [-0.2, 0) is 6.54 Å². The highest BCUT2D eigenvalue weighted by molar-refractivity contribution is 5.84. The second-order valence-electron chi connectivity index (χ2n) is 4.17. The molecular formula is C14H11N3O3. The van der Waals surface area contributed by atoms with Crippen molar-refractivity contribution in [1.29, 1.82) is 0 Å². The Morgan fingerprint density at radius 2 is 2.00 bits per heavy atom. The number of nitrogens with one attached hydrogen (secondary N) is 1. The van der Waals surface area contributed by atoms with Gasteiger partial charge in [0.05, 0.1) is 23.8 Å². The van der Waals surface area contributed by atoms with Crippen LogP contribution in [0.1, 0.15) is 16.3 Å². The first-order valence-corrected chi connectivity index (χ1v) is 6.00. The van der Waals surface area contributed by atoms with Crippen LogP contribution in [0.5, 0.6) is 0 Å². The summed E-state index contributed by atoms with van der Waals surface area (Å²) < 4.78 is 5.14. The highest BCUT2D eigenvalue weighted by Crippen LogP contribution is 2.13.